The molecule has 136 valence electrons. The van der Waals surface area contributed by atoms with Crippen molar-refractivity contribution in [3.8, 4) is 0 Å². The van der Waals surface area contributed by atoms with Gasteiger partial charge in [-0.1, -0.05) is 12.1 Å². The van der Waals surface area contributed by atoms with Crippen LogP contribution < -0.4 is 0 Å². The third-order valence-electron chi connectivity index (χ3n) is 4.93. The minimum Gasteiger partial charge on any atom is -0.465 e. The zero-order chi connectivity index (χ0) is 17.6. The molecule has 1 unspecified atom stereocenters. The second-order valence-corrected chi connectivity index (χ2v) is 6.70. The molecule has 0 aromatic heterocycles. The van der Waals surface area contributed by atoms with E-state index in [0.717, 1.165) is 38.0 Å². The Bertz CT molecular complexity index is 613. The molecule has 2 aliphatic heterocycles. The van der Waals surface area contributed by atoms with Gasteiger partial charge in [0.05, 0.1) is 31.8 Å². The normalized spacial score (nSPS) is 21.8. The Morgan fingerprint density at radius 1 is 1.24 bits per heavy atom. The van der Waals surface area contributed by atoms with Crippen LogP contribution in [0.4, 0.5) is 0 Å². The summed E-state index contributed by atoms with van der Waals surface area (Å²) in [6.45, 7) is 5.20. The molecule has 0 radical (unpaired) electrons. The molecular weight excluding hydrogens is 320 g/mol. The molecule has 1 aromatic carbocycles. The lowest BCUT2D eigenvalue weighted by Gasteiger charge is -2.36. The van der Waals surface area contributed by atoms with Gasteiger partial charge in [-0.3, -0.25) is 9.69 Å². The standard InChI is InChI=1S/C19H26N2O4/c1-24-19(23)16-5-2-4-15(12-16)13-20-7-3-6-17(14-20)18(22)21-8-10-25-11-9-21/h2,4-5,12,17H,3,6-11,13-14H2,1H3. The molecule has 6 nitrogen and oxygen atoms in total. The monoisotopic (exact) mass is 346 g/mol. The van der Waals surface area contributed by atoms with Gasteiger partial charge in [-0.15, -0.1) is 0 Å². The van der Waals surface area contributed by atoms with E-state index in [-0.39, 0.29) is 17.8 Å². The van der Waals surface area contributed by atoms with E-state index in [9.17, 15) is 9.59 Å². The van der Waals surface area contributed by atoms with Crippen LogP contribution in [0.25, 0.3) is 0 Å². The van der Waals surface area contributed by atoms with Gasteiger partial charge in [-0.05, 0) is 37.1 Å². The first-order valence-corrected chi connectivity index (χ1v) is 8.93. The molecule has 1 atom stereocenters. The number of carbonyl (C=O) groups is 2. The molecule has 0 saturated carbocycles. The topological polar surface area (TPSA) is 59.1 Å². The van der Waals surface area contributed by atoms with Crippen LogP contribution in [-0.2, 0) is 20.8 Å². The second-order valence-electron chi connectivity index (χ2n) is 6.70. The van der Waals surface area contributed by atoms with E-state index in [1.54, 1.807) is 6.07 Å². The zero-order valence-corrected chi connectivity index (χ0v) is 14.8. The first-order chi connectivity index (χ1) is 12.2. The van der Waals surface area contributed by atoms with Crippen LogP contribution in [0.2, 0.25) is 0 Å². The van der Waals surface area contributed by atoms with Crippen LogP contribution in [0, 0.1) is 5.92 Å². The van der Waals surface area contributed by atoms with Crippen molar-refractivity contribution in [3.05, 3.63) is 35.4 Å². The molecule has 2 aliphatic rings. The number of piperidine rings is 1. The third-order valence-corrected chi connectivity index (χ3v) is 4.93. The third kappa shape index (κ3) is 4.58. The van der Waals surface area contributed by atoms with E-state index in [0.29, 0.717) is 31.9 Å². The van der Waals surface area contributed by atoms with Crippen LogP contribution in [-0.4, -0.2) is 68.2 Å². The Balaban J connectivity index is 1.60. The van der Waals surface area contributed by atoms with E-state index in [1.807, 2.05) is 23.1 Å². The Labute approximate surface area is 148 Å². The number of nitrogens with zero attached hydrogens (tertiary/aromatic N) is 2. The van der Waals surface area contributed by atoms with Crippen molar-refractivity contribution < 1.29 is 19.1 Å². The number of morpholine rings is 1. The summed E-state index contributed by atoms with van der Waals surface area (Å²) in [5.74, 6) is 0.00724. The van der Waals surface area contributed by atoms with Crippen molar-refractivity contribution in [2.75, 3.05) is 46.5 Å². The maximum Gasteiger partial charge on any atom is 0.337 e. The molecule has 2 fully saturated rings. The highest BCUT2D eigenvalue weighted by Crippen LogP contribution is 2.21. The second kappa shape index (κ2) is 8.45. The predicted molar refractivity (Wildman–Crippen MR) is 93.2 cm³/mol. The summed E-state index contributed by atoms with van der Waals surface area (Å²) in [5, 5.41) is 0. The lowest BCUT2D eigenvalue weighted by Crippen LogP contribution is -2.48. The lowest BCUT2D eigenvalue weighted by atomic mass is 9.95. The first-order valence-electron chi connectivity index (χ1n) is 8.93. The van der Waals surface area contributed by atoms with Crippen molar-refractivity contribution >= 4 is 11.9 Å². The Morgan fingerprint density at radius 2 is 2.04 bits per heavy atom. The fourth-order valence-corrected chi connectivity index (χ4v) is 3.62. The number of ether oxygens (including phenoxy) is 2. The molecule has 25 heavy (non-hydrogen) atoms. The largest absolute Gasteiger partial charge is 0.465 e. The number of hydrogen-bond donors (Lipinski definition) is 0. The number of benzene rings is 1. The van der Waals surface area contributed by atoms with E-state index in [2.05, 4.69) is 4.90 Å². The van der Waals surface area contributed by atoms with Crippen molar-refractivity contribution in [2.45, 2.75) is 19.4 Å². The van der Waals surface area contributed by atoms with E-state index >= 15 is 0 Å². The highest BCUT2D eigenvalue weighted by molar-refractivity contribution is 5.89. The van der Waals surface area contributed by atoms with Gasteiger partial charge in [0.15, 0.2) is 0 Å². The molecule has 1 aromatic rings. The first kappa shape index (κ1) is 17.9. The number of methoxy groups -OCH3 is 1. The highest BCUT2D eigenvalue weighted by atomic mass is 16.5. The van der Waals surface area contributed by atoms with Crippen molar-refractivity contribution in [3.63, 3.8) is 0 Å². The summed E-state index contributed by atoms with van der Waals surface area (Å²) < 4.78 is 10.1. The van der Waals surface area contributed by atoms with Crippen molar-refractivity contribution in [1.29, 1.82) is 0 Å². The summed E-state index contributed by atoms with van der Waals surface area (Å²) in [7, 11) is 1.39. The molecule has 0 bridgehead atoms. The van der Waals surface area contributed by atoms with E-state index in [4.69, 9.17) is 9.47 Å². The van der Waals surface area contributed by atoms with Gasteiger partial charge in [0.25, 0.3) is 0 Å². The summed E-state index contributed by atoms with van der Waals surface area (Å²) in [5.41, 5.74) is 1.64. The predicted octanol–water partition coefficient (Wildman–Crippen LogP) is 1.54. The van der Waals surface area contributed by atoms with Crippen LogP contribution in [0.3, 0.4) is 0 Å². The van der Waals surface area contributed by atoms with E-state index < -0.39 is 0 Å². The number of esters is 1. The molecule has 2 heterocycles. The Hall–Kier alpha value is -1.92. The molecule has 0 spiro atoms. The average Bonchev–Trinajstić information content (AvgIpc) is 2.68. The SMILES string of the molecule is COC(=O)c1cccc(CN2CCCC(C(=O)N3CCOCC3)C2)c1. The average molecular weight is 346 g/mol. The lowest BCUT2D eigenvalue weighted by molar-refractivity contribution is -0.141. The summed E-state index contributed by atoms with van der Waals surface area (Å²) in [6.07, 6.45) is 1.98. The zero-order valence-electron chi connectivity index (χ0n) is 14.8. The van der Waals surface area contributed by atoms with Gasteiger partial charge in [0.1, 0.15) is 0 Å². The fourth-order valence-electron chi connectivity index (χ4n) is 3.62. The number of likely N-dealkylation sites (tertiary alicyclic amines) is 1. The number of rotatable bonds is 4. The van der Waals surface area contributed by atoms with Gasteiger partial charge < -0.3 is 14.4 Å². The molecule has 0 aliphatic carbocycles. The molecule has 6 heteroatoms. The Kier molecular flexibility index (Phi) is 6.04. The molecule has 3 rings (SSSR count). The van der Waals surface area contributed by atoms with Gasteiger partial charge in [-0.25, -0.2) is 4.79 Å². The summed E-state index contributed by atoms with van der Waals surface area (Å²) >= 11 is 0. The summed E-state index contributed by atoms with van der Waals surface area (Å²) in [6, 6.07) is 7.53. The van der Waals surface area contributed by atoms with Crippen LogP contribution in [0.1, 0.15) is 28.8 Å². The number of amides is 1. The molecule has 1 amide bonds. The van der Waals surface area contributed by atoms with Gasteiger partial charge in [0.2, 0.25) is 5.91 Å². The summed E-state index contributed by atoms with van der Waals surface area (Å²) in [4.78, 5) is 28.6. The maximum atomic E-state index is 12.7. The molecule has 2 saturated heterocycles. The van der Waals surface area contributed by atoms with Crippen molar-refractivity contribution in [1.82, 2.24) is 9.80 Å². The number of hydrogen-bond acceptors (Lipinski definition) is 5. The van der Waals surface area contributed by atoms with E-state index in [1.165, 1.54) is 7.11 Å². The van der Waals surface area contributed by atoms with Crippen LogP contribution in [0.15, 0.2) is 24.3 Å². The van der Waals surface area contributed by atoms with Gasteiger partial charge >= 0.3 is 5.97 Å². The maximum absolute atomic E-state index is 12.7. The minimum absolute atomic E-state index is 0.0654. The smallest absolute Gasteiger partial charge is 0.337 e. The molecular formula is C19H26N2O4. The van der Waals surface area contributed by atoms with Gasteiger partial charge in [-0.2, -0.15) is 0 Å². The Morgan fingerprint density at radius 3 is 2.80 bits per heavy atom. The fraction of sp³-hybridized carbons (Fsp3) is 0.579. The van der Waals surface area contributed by atoms with Crippen LogP contribution in [0.5, 0.6) is 0 Å². The molecule has 0 N–H and O–H groups in total. The van der Waals surface area contributed by atoms with Gasteiger partial charge in [0, 0.05) is 26.2 Å². The number of carbonyl (C=O) groups excluding carboxylic acids is 2. The highest BCUT2D eigenvalue weighted by Gasteiger charge is 2.30. The minimum atomic E-state index is -0.319. The quantitative estimate of drug-likeness (QED) is 0.774. The van der Waals surface area contributed by atoms with Crippen LogP contribution >= 0.6 is 0 Å². The van der Waals surface area contributed by atoms with Crippen molar-refractivity contribution in [2.24, 2.45) is 5.92 Å².